The number of carbonyl (C=O) groups is 1. The van der Waals surface area contributed by atoms with Crippen molar-refractivity contribution in [2.24, 2.45) is 0 Å². The molecule has 0 aliphatic carbocycles. The van der Waals surface area contributed by atoms with Crippen LogP contribution in [0.5, 0.6) is 11.5 Å². The van der Waals surface area contributed by atoms with Crippen molar-refractivity contribution >= 4 is 15.6 Å². The molecule has 0 atom stereocenters. The number of hydrogen-bond donors (Lipinski definition) is 0. The molecule has 0 bridgehead atoms. The monoisotopic (exact) mass is 258 g/mol. The van der Waals surface area contributed by atoms with Gasteiger partial charge in [0.15, 0.2) is 9.84 Å². The van der Waals surface area contributed by atoms with Crippen LogP contribution in [0, 0.1) is 0 Å². The first-order valence-corrected chi connectivity index (χ1v) is 6.50. The number of ketones is 1. The first-order chi connectivity index (χ1) is 7.90. The molecule has 0 N–H and O–H groups in total. The molecule has 0 radical (unpaired) electrons. The molecule has 0 aliphatic rings. The number of carbonyl (C=O) groups excluding carboxylic acids is 1. The van der Waals surface area contributed by atoms with Gasteiger partial charge in [-0.05, 0) is 19.1 Å². The highest BCUT2D eigenvalue weighted by Crippen LogP contribution is 2.28. The van der Waals surface area contributed by atoms with E-state index >= 15 is 0 Å². The Labute approximate surface area is 100 Å². The van der Waals surface area contributed by atoms with E-state index in [2.05, 4.69) is 0 Å². The number of methoxy groups -OCH3 is 2. The van der Waals surface area contributed by atoms with E-state index in [1.54, 1.807) is 6.07 Å². The van der Waals surface area contributed by atoms with Gasteiger partial charge >= 0.3 is 0 Å². The maximum Gasteiger partial charge on any atom is 0.189 e. The summed E-state index contributed by atoms with van der Waals surface area (Å²) in [7, 11) is -0.886. The molecule has 0 aromatic heterocycles. The molecule has 0 aliphatic heterocycles. The molecular weight excluding hydrogens is 244 g/mol. The summed E-state index contributed by atoms with van der Waals surface area (Å²) in [6.45, 7) is 1.23. The van der Waals surface area contributed by atoms with E-state index in [4.69, 9.17) is 9.47 Å². The van der Waals surface area contributed by atoms with Gasteiger partial charge in [-0.1, -0.05) is 0 Å². The summed E-state index contributed by atoms with van der Waals surface area (Å²) in [5.74, 6) is -0.369. The summed E-state index contributed by atoms with van der Waals surface area (Å²) in [4.78, 5) is 10.9. The van der Waals surface area contributed by atoms with Crippen LogP contribution in [0.3, 0.4) is 0 Å². The molecule has 0 unspecified atom stereocenters. The molecule has 0 heterocycles. The fourth-order valence-corrected chi connectivity index (χ4v) is 2.82. The molecule has 0 fully saturated rings. The lowest BCUT2D eigenvalue weighted by Crippen LogP contribution is -2.14. The Morgan fingerprint density at radius 2 is 1.88 bits per heavy atom. The summed E-state index contributed by atoms with van der Waals surface area (Å²) in [5.41, 5.74) is 0. The molecule has 17 heavy (non-hydrogen) atoms. The van der Waals surface area contributed by atoms with E-state index in [0.717, 1.165) is 0 Å². The highest BCUT2D eigenvalue weighted by molar-refractivity contribution is 7.92. The van der Waals surface area contributed by atoms with Gasteiger partial charge in [0.2, 0.25) is 0 Å². The predicted octanol–water partition coefficient (Wildman–Crippen LogP) is 1.07. The molecule has 0 spiro atoms. The first kappa shape index (κ1) is 13.5. The molecule has 1 rings (SSSR count). The van der Waals surface area contributed by atoms with Gasteiger partial charge < -0.3 is 9.47 Å². The third kappa shape index (κ3) is 3.20. The summed E-state index contributed by atoms with van der Waals surface area (Å²) < 4.78 is 33.8. The molecule has 6 heteroatoms. The summed E-state index contributed by atoms with van der Waals surface area (Å²) >= 11 is 0. The van der Waals surface area contributed by atoms with E-state index in [0.29, 0.717) is 5.75 Å². The maximum atomic E-state index is 11.9. The molecule has 94 valence electrons. The van der Waals surface area contributed by atoms with Crippen LogP contribution in [-0.4, -0.2) is 34.2 Å². The second-order valence-electron chi connectivity index (χ2n) is 3.48. The Morgan fingerprint density at radius 3 is 2.35 bits per heavy atom. The van der Waals surface area contributed by atoms with Crippen LogP contribution in [0.15, 0.2) is 23.1 Å². The highest BCUT2D eigenvalue weighted by Gasteiger charge is 2.22. The number of benzene rings is 1. The number of rotatable bonds is 5. The smallest absolute Gasteiger partial charge is 0.189 e. The van der Waals surface area contributed by atoms with Crippen molar-refractivity contribution in [3.63, 3.8) is 0 Å². The molecular formula is C11H14O5S. The molecule has 5 nitrogen and oxygen atoms in total. The fraction of sp³-hybridized carbons (Fsp3) is 0.364. The van der Waals surface area contributed by atoms with Crippen molar-refractivity contribution < 1.29 is 22.7 Å². The van der Waals surface area contributed by atoms with Crippen LogP contribution in [0.25, 0.3) is 0 Å². The second kappa shape index (κ2) is 5.18. The van der Waals surface area contributed by atoms with Crippen LogP contribution in [-0.2, 0) is 14.6 Å². The number of Topliss-reactive ketones (excluding diaryl/α,β-unsaturated/α-hetero) is 1. The zero-order valence-corrected chi connectivity index (χ0v) is 10.7. The molecule has 1 aromatic rings. The Hall–Kier alpha value is -1.56. The SMILES string of the molecule is COc1ccc(OC)c(S(=O)(=O)CC(C)=O)c1. The van der Waals surface area contributed by atoms with Gasteiger partial charge in [-0.3, -0.25) is 4.79 Å². The van der Waals surface area contributed by atoms with Gasteiger partial charge in [-0.25, -0.2) is 8.42 Å². The average Bonchev–Trinajstić information content (AvgIpc) is 2.26. The lowest BCUT2D eigenvalue weighted by Gasteiger charge is -2.10. The third-order valence-electron chi connectivity index (χ3n) is 2.10. The van der Waals surface area contributed by atoms with Crippen molar-refractivity contribution in [2.45, 2.75) is 11.8 Å². The Balaban J connectivity index is 3.32. The van der Waals surface area contributed by atoms with Crippen molar-refractivity contribution in [1.82, 2.24) is 0 Å². The Bertz CT molecular complexity index is 519. The van der Waals surface area contributed by atoms with Gasteiger partial charge in [0.1, 0.15) is 27.9 Å². The number of sulfone groups is 1. The van der Waals surface area contributed by atoms with Crippen molar-refractivity contribution in [3.8, 4) is 11.5 Å². The standard InChI is InChI=1S/C11H14O5S/c1-8(12)7-17(13,14)11-6-9(15-2)4-5-10(11)16-3/h4-6H,7H2,1-3H3. The third-order valence-corrected chi connectivity index (χ3v) is 3.87. The predicted molar refractivity (Wildman–Crippen MR) is 62.3 cm³/mol. The molecule has 0 amide bonds. The summed E-state index contributed by atoms with van der Waals surface area (Å²) in [6, 6.07) is 4.43. The highest BCUT2D eigenvalue weighted by atomic mass is 32.2. The van der Waals surface area contributed by atoms with Gasteiger partial charge in [-0.15, -0.1) is 0 Å². The average molecular weight is 258 g/mol. The van der Waals surface area contributed by atoms with Crippen LogP contribution in [0.1, 0.15) is 6.92 Å². The molecule has 1 aromatic carbocycles. The topological polar surface area (TPSA) is 69.7 Å². The van der Waals surface area contributed by atoms with Gasteiger partial charge in [-0.2, -0.15) is 0 Å². The van der Waals surface area contributed by atoms with Crippen molar-refractivity contribution in [2.75, 3.05) is 20.0 Å². The van der Waals surface area contributed by atoms with E-state index in [1.807, 2.05) is 0 Å². The molecule has 0 saturated carbocycles. The largest absolute Gasteiger partial charge is 0.497 e. The second-order valence-corrected chi connectivity index (χ2v) is 5.44. The van der Waals surface area contributed by atoms with E-state index in [1.165, 1.54) is 33.3 Å². The Morgan fingerprint density at radius 1 is 1.24 bits per heavy atom. The fourth-order valence-electron chi connectivity index (χ4n) is 1.37. The van der Waals surface area contributed by atoms with E-state index in [-0.39, 0.29) is 10.6 Å². The Kier molecular flexibility index (Phi) is 4.11. The number of hydrogen-bond acceptors (Lipinski definition) is 5. The maximum absolute atomic E-state index is 11.9. The zero-order chi connectivity index (χ0) is 13.1. The zero-order valence-electron chi connectivity index (χ0n) is 9.89. The first-order valence-electron chi connectivity index (χ1n) is 4.85. The normalized spacial score (nSPS) is 11.0. The van der Waals surface area contributed by atoms with Crippen LogP contribution >= 0.6 is 0 Å². The minimum Gasteiger partial charge on any atom is -0.497 e. The van der Waals surface area contributed by atoms with Gasteiger partial charge in [0.25, 0.3) is 0 Å². The van der Waals surface area contributed by atoms with Crippen LogP contribution in [0.4, 0.5) is 0 Å². The lowest BCUT2D eigenvalue weighted by molar-refractivity contribution is -0.114. The summed E-state index contributed by atoms with van der Waals surface area (Å²) in [6.07, 6.45) is 0. The quantitative estimate of drug-likeness (QED) is 0.790. The van der Waals surface area contributed by atoms with Gasteiger partial charge in [0.05, 0.1) is 14.2 Å². The van der Waals surface area contributed by atoms with Crippen molar-refractivity contribution in [1.29, 1.82) is 0 Å². The molecule has 0 saturated heterocycles. The van der Waals surface area contributed by atoms with E-state index < -0.39 is 21.4 Å². The summed E-state index contributed by atoms with van der Waals surface area (Å²) in [5, 5.41) is 0. The number of ether oxygens (including phenoxy) is 2. The van der Waals surface area contributed by atoms with Crippen molar-refractivity contribution in [3.05, 3.63) is 18.2 Å². The van der Waals surface area contributed by atoms with Gasteiger partial charge in [0, 0.05) is 6.07 Å². The van der Waals surface area contributed by atoms with Crippen LogP contribution in [0.2, 0.25) is 0 Å². The minimum absolute atomic E-state index is 0.0328. The van der Waals surface area contributed by atoms with Crippen LogP contribution < -0.4 is 9.47 Å². The lowest BCUT2D eigenvalue weighted by atomic mass is 10.3. The minimum atomic E-state index is -3.69. The van der Waals surface area contributed by atoms with E-state index in [9.17, 15) is 13.2 Å².